The van der Waals surface area contributed by atoms with Crippen LogP contribution in [-0.4, -0.2) is 36.8 Å². The van der Waals surface area contributed by atoms with E-state index in [-0.39, 0.29) is 5.13 Å². The second-order valence-corrected chi connectivity index (χ2v) is 9.83. The van der Waals surface area contributed by atoms with Gasteiger partial charge in [-0.15, -0.1) is 10.2 Å². The maximum atomic E-state index is 12.7. The van der Waals surface area contributed by atoms with Crippen molar-refractivity contribution in [1.29, 1.82) is 0 Å². The van der Waals surface area contributed by atoms with Crippen LogP contribution in [0.15, 0.2) is 48.5 Å². The Kier molecular flexibility index (Phi) is 6.42. The predicted octanol–water partition coefficient (Wildman–Crippen LogP) is 4.31. The van der Waals surface area contributed by atoms with Gasteiger partial charge in [0.25, 0.3) is 0 Å². The van der Waals surface area contributed by atoms with Gasteiger partial charge in [-0.05, 0) is 43.3 Å². The molecule has 1 unspecified atom stereocenters. The van der Waals surface area contributed by atoms with Gasteiger partial charge >= 0.3 is 0 Å². The number of carbonyl (C=O) groups is 1. The van der Waals surface area contributed by atoms with Crippen LogP contribution < -0.4 is 9.62 Å². The molecule has 0 saturated heterocycles. The average Bonchev–Trinajstić information content (AvgIpc) is 3.11. The van der Waals surface area contributed by atoms with Crippen LogP contribution in [0, 0.1) is 0 Å². The Morgan fingerprint density at radius 1 is 1.03 bits per heavy atom. The average molecular weight is 471 g/mol. The van der Waals surface area contributed by atoms with E-state index in [0.717, 1.165) is 16.1 Å². The van der Waals surface area contributed by atoms with Crippen molar-refractivity contribution in [2.24, 2.45) is 0 Å². The third-order valence-corrected chi connectivity index (χ3v) is 6.55. The summed E-state index contributed by atoms with van der Waals surface area (Å²) < 4.78 is 25.6. The topological polar surface area (TPSA) is 92.3 Å². The Balaban J connectivity index is 1.80. The highest BCUT2D eigenvalue weighted by molar-refractivity contribution is 7.92. The Hall–Kier alpha value is -2.20. The molecule has 152 valence electrons. The molecule has 0 bridgehead atoms. The lowest BCUT2D eigenvalue weighted by atomic mass is 10.2. The Bertz CT molecular complexity index is 1120. The molecule has 11 heteroatoms. The van der Waals surface area contributed by atoms with Crippen molar-refractivity contribution in [3.8, 4) is 10.6 Å². The predicted molar refractivity (Wildman–Crippen MR) is 117 cm³/mol. The van der Waals surface area contributed by atoms with E-state index >= 15 is 0 Å². The highest BCUT2D eigenvalue weighted by Gasteiger charge is 2.29. The van der Waals surface area contributed by atoms with E-state index in [1.165, 1.54) is 30.4 Å². The molecule has 1 aromatic heterocycles. The molecule has 0 radical (unpaired) electrons. The monoisotopic (exact) mass is 470 g/mol. The normalized spacial score (nSPS) is 12.4. The summed E-state index contributed by atoms with van der Waals surface area (Å²) in [5.41, 5.74) is 1.14. The van der Waals surface area contributed by atoms with Gasteiger partial charge in [0.05, 0.1) is 11.9 Å². The Morgan fingerprint density at radius 2 is 1.59 bits per heavy atom. The van der Waals surface area contributed by atoms with Crippen molar-refractivity contribution < 1.29 is 13.2 Å². The number of hydrogen-bond donors (Lipinski definition) is 1. The molecule has 3 aromatic rings. The molecular weight excluding hydrogens is 455 g/mol. The number of anilines is 2. The molecule has 7 nitrogen and oxygen atoms in total. The van der Waals surface area contributed by atoms with Crippen molar-refractivity contribution in [1.82, 2.24) is 10.2 Å². The summed E-state index contributed by atoms with van der Waals surface area (Å²) in [7, 11) is -3.72. The van der Waals surface area contributed by atoms with Crippen LogP contribution in [0.1, 0.15) is 6.92 Å². The number of sulfonamides is 1. The number of rotatable bonds is 6. The molecule has 1 atom stereocenters. The van der Waals surface area contributed by atoms with Crippen LogP contribution in [0.4, 0.5) is 10.8 Å². The van der Waals surface area contributed by atoms with Crippen LogP contribution in [0.3, 0.4) is 0 Å². The van der Waals surface area contributed by atoms with Crippen LogP contribution in [0.2, 0.25) is 10.0 Å². The summed E-state index contributed by atoms with van der Waals surface area (Å²) in [4.78, 5) is 12.7. The fraction of sp³-hybridized carbons (Fsp3) is 0.167. The molecule has 29 heavy (non-hydrogen) atoms. The fourth-order valence-electron chi connectivity index (χ4n) is 2.59. The molecule has 1 amide bonds. The SMILES string of the molecule is CC(C(=O)Nc1nnc(-c2ccc(Cl)cc2)s1)N(c1ccc(Cl)cc1)S(C)(=O)=O. The minimum Gasteiger partial charge on any atom is -0.299 e. The minimum atomic E-state index is -3.72. The molecule has 1 heterocycles. The summed E-state index contributed by atoms with van der Waals surface area (Å²) in [6.07, 6.45) is 1.04. The molecule has 0 spiro atoms. The number of hydrogen-bond acceptors (Lipinski definition) is 6. The molecule has 1 N–H and O–H groups in total. The van der Waals surface area contributed by atoms with Crippen LogP contribution in [-0.2, 0) is 14.8 Å². The maximum Gasteiger partial charge on any atom is 0.249 e. The quantitative estimate of drug-likeness (QED) is 0.579. The zero-order chi connectivity index (χ0) is 21.2. The number of nitrogens with zero attached hydrogens (tertiary/aromatic N) is 3. The third kappa shape index (κ3) is 5.24. The zero-order valence-electron chi connectivity index (χ0n) is 15.3. The molecule has 0 saturated carbocycles. The Morgan fingerprint density at radius 3 is 2.14 bits per heavy atom. The first-order valence-corrected chi connectivity index (χ1v) is 11.7. The van der Waals surface area contributed by atoms with Crippen LogP contribution >= 0.6 is 34.5 Å². The first kappa shape index (κ1) is 21.5. The van der Waals surface area contributed by atoms with E-state index in [9.17, 15) is 13.2 Å². The van der Waals surface area contributed by atoms with Gasteiger partial charge in [0.1, 0.15) is 11.0 Å². The van der Waals surface area contributed by atoms with Gasteiger partial charge in [-0.1, -0.05) is 46.7 Å². The van der Waals surface area contributed by atoms with Gasteiger partial charge in [0, 0.05) is 15.6 Å². The van der Waals surface area contributed by atoms with Crippen molar-refractivity contribution in [2.45, 2.75) is 13.0 Å². The molecule has 3 rings (SSSR count). The summed E-state index contributed by atoms with van der Waals surface area (Å²) in [5.74, 6) is -0.538. The molecule has 0 aliphatic heterocycles. The molecule has 0 aliphatic rings. The second kappa shape index (κ2) is 8.66. The minimum absolute atomic E-state index is 0.261. The van der Waals surface area contributed by atoms with Gasteiger partial charge in [-0.2, -0.15) is 0 Å². The highest BCUT2D eigenvalue weighted by Crippen LogP contribution is 2.28. The van der Waals surface area contributed by atoms with Crippen LogP contribution in [0.25, 0.3) is 10.6 Å². The number of nitrogens with one attached hydrogen (secondary N) is 1. The highest BCUT2D eigenvalue weighted by atomic mass is 35.5. The van der Waals surface area contributed by atoms with Gasteiger partial charge in [-0.25, -0.2) is 8.42 Å². The molecule has 0 aliphatic carbocycles. The van der Waals surface area contributed by atoms with E-state index in [0.29, 0.717) is 20.7 Å². The lowest BCUT2D eigenvalue weighted by molar-refractivity contribution is -0.116. The molecule has 0 fully saturated rings. The van der Waals surface area contributed by atoms with Crippen molar-refractivity contribution in [2.75, 3.05) is 15.9 Å². The first-order chi connectivity index (χ1) is 13.6. The Labute approximate surface area is 182 Å². The fourth-order valence-corrected chi connectivity index (χ4v) is 4.77. The number of amides is 1. The van der Waals surface area contributed by atoms with Crippen LogP contribution in [0.5, 0.6) is 0 Å². The van der Waals surface area contributed by atoms with E-state index in [4.69, 9.17) is 23.2 Å². The summed E-state index contributed by atoms with van der Waals surface area (Å²) in [5, 5.41) is 12.6. The standard InChI is InChI=1S/C18H16Cl2N4O3S2/c1-11(24(29(2,26)27)15-9-7-14(20)8-10-15)16(25)21-18-23-22-17(28-18)12-3-5-13(19)6-4-12/h3-11H,1-2H3,(H,21,23,25). The van der Waals surface area contributed by atoms with Gasteiger partial charge in [-0.3, -0.25) is 14.4 Å². The maximum absolute atomic E-state index is 12.7. The smallest absolute Gasteiger partial charge is 0.249 e. The summed E-state index contributed by atoms with van der Waals surface area (Å²) in [6, 6.07) is 12.2. The van der Waals surface area contributed by atoms with Gasteiger partial charge in [0.2, 0.25) is 21.1 Å². The summed E-state index contributed by atoms with van der Waals surface area (Å²) >= 11 is 12.9. The summed E-state index contributed by atoms with van der Waals surface area (Å²) in [6.45, 7) is 1.49. The largest absolute Gasteiger partial charge is 0.299 e. The number of benzene rings is 2. The first-order valence-electron chi connectivity index (χ1n) is 8.30. The second-order valence-electron chi connectivity index (χ2n) is 6.12. The number of aromatic nitrogens is 2. The lowest BCUT2D eigenvalue weighted by Gasteiger charge is -2.27. The number of halogens is 2. The van der Waals surface area contributed by atoms with E-state index in [1.54, 1.807) is 36.4 Å². The van der Waals surface area contributed by atoms with E-state index in [1.807, 2.05) is 0 Å². The number of carbonyl (C=O) groups excluding carboxylic acids is 1. The van der Waals surface area contributed by atoms with E-state index in [2.05, 4.69) is 15.5 Å². The van der Waals surface area contributed by atoms with Crippen molar-refractivity contribution in [3.63, 3.8) is 0 Å². The molecular formula is C18H16Cl2N4O3S2. The van der Waals surface area contributed by atoms with Gasteiger partial charge in [0.15, 0.2) is 0 Å². The zero-order valence-corrected chi connectivity index (χ0v) is 18.5. The van der Waals surface area contributed by atoms with Crippen molar-refractivity contribution in [3.05, 3.63) is 58.6 Å². The lowest BCUT2D eigenvalue weighted by Crippen LogP contribution is -2.45. The third-order valence-electron chi connectivity index (χ3n) is 3.92. The van der Waals surface area contributed by atoms with E-state index < -0.39 is 22.0 Å². The van der Waals surface area contributed by atoms with Crippen molar-refractivity contribution >= 4 is 61.3 Å². The molecule has 2 aromatic carbocycles. The van der Waals surface area contributed by atoms with Gasteiger partial charge < -0.3 is 0 Å².